The molecular formula is C24H23F2N7. The molecule has 1 N–H and O–H groups in total. The van der Waals surface area contributed by atoms with Crippen LogP contribution in [-0.4, -0.2) is 35.4 Å². The lowest BCUT2D eigenvalue weighted by Crippen LogP contribution is -2.15. The minimum Gasteiger partial charge on any atom is -0.239 e. The van der Waals surface area contributed by atoms with Crippen LogP contribution in [-0.2, 0) is 18.9 Å². The summed E-state index contributed by atoms with van der Waals surface area (Å²) in [5.41, 5.74) is 3.78. The van der Waals surface area contributed by atoms with Gasteiger partial charge in [-0.2, -0.15) is 8.78 Å². The first kappa shape index (κ1) is 22.3. The molecule has 0 aliphatic heterocycles. The Kier molecular flexibility index (Phi) is 6.54. The van der Waals surface area contributed by atoms with Crippen molar-refractivity contribution in [3.05, 3.63) is 65.7 Å². The van der Waals surface area contributed by atoms with Crippen molar-refractivity contribution in [1.29, 1.82) is 0 Å². The quantitative estimate of drug-likeness (QED) is 0.398. The third-order valence-corrected chi connectivity index (χ3v) is 5.20. The highest BCUT2D eigenvalue weighted by atomic mass is 19.3. The summed E-state index contributed by atoms with van der Waals surface area (Å²) in [5.74, 6) is 3.21. The molecule has 0 amide bonds. The summed E-state index contributed by atoms with van der Waals surface area (Å²) in [7, 11) is 0. The van der Waals surface area contributed by atoms with Crippen LogP contribution in [0.3, 0.4) is 0 Å². The molecule has 0 bridgehead atoms. The molecule has 7 nitrogen and oxygen atoms in total. The van der Waals surface area contributed by atoms with Gasteiger partial charge in [-0.3, -0.25) is 0 Å². The summed E-state index contributed by atoms with van der Waals surface area (Å²) in [5, 5.41) is 18.2. The summed E-state index contributed by atoms with van der Waals surface area (Å²) in [6.07, 6.45) is 0.429. The molecule has 0 aliphatic rings. The first-order chi connectivity index (χ1) is 16.0. The number of hydrogen-bond donors (Lipinski definition) is 1. The van der Waals surface area contributed by atoms with E-state index in [0.29, 0.717) is 24.5 Å². The molecule has 0 aliphatic carbocycles. The van der Waals surface area contributed by atoms with Crippen LogP contribution in [0.2, 0.25) is 0 Å². The lowest BCUT2D eigenvalue weighted by Gasteiger charge is -2.10. The minimum absolute atomic E-state index is 0.220. The van der Waals surface area contributed by atoms with Crippen molar-refractivity contribution < 1.29 is 8.78 Å². The molecule has 4 aromatic rings. The largest absolute Gasteiger partial charge is 0.308 e. The second-order valence-corrected chi connectivity index (χ2v) is 7.56. The zero-order chi connectivity index (χ0) is 23.3. The average Bonchev–Trinajstić information content (AvgIpc) is 3.49. The number of alkyl halides is 2. The van der Waals surface area contributed by atoms with Crippen LogP contribution in [0.4, 0.5) is 8.78 Å². The number of halogens is 2. The summed E-state index contributed by atoms with van der Waals surface area (Å²) in [6.45, 7) is 3.64. The van der Waals surface area contributed by atoms with Gasteiger partial charge in [0.15, 0.2) is 5.82 Å². The van der Waals surface area contributed by atoms with E-state index in [9.17, 15) is 8.78 Å². The standard InChI is InChI=1S/C24H23F2N7/c1-3-5-15-33-21(27-23(30-33)24(25,26)14-4-2)16-17-10-12-18(13-11-17)19-8-6-7-9-20(19)22-28-31-32-29-22/h6-13H,4,14-16H2,1-2H3,(H,28,29,31,32). The van der Waals surface area contributed by atoms with Crippen LogP contribution in [0.25, 0.3) is 22.5 Å². The van der Waals surface area contributed by atoms with Crippen molar-refractivity contribution in [2.75, 3.05) is 0 Å². The second kappa shape index (κ2) is 9.69. The van der Waals surface area contributed by atoms with Gasteiger partial charge in [0.1, 0.15) is 12.4 Å². The van der Waals surface area contributed by atoms with E-state index in [2.05, 4.69) is 42.5 Å². The van der Waals surface area contributed by atoms with Gasteiger partial charge >= 0.3 is 5.92 Å². The maximum atomic E-state index is 14.4. The number of hydrogen-bond acceptors (Lipinski definition) is 5. The Morgan fingerprint density at radius 2 is 1.82 bits per heavy atom. The fraction of sp³-hybridized carbons (Fsp3) is 0.292. The molecule has 0 unspecified atom stereocenters. The topological polar surface area (TPSA) is 85.2 Å². The lowest BCUT2D eigenvalue weighted by molar-refractivity contribution is -0.0232. The van der Waals surface area contributed by atoms with E-state index in [1.54, 1.807) is 13.8 Å². The molecule has 2 aromatic carbocycles. The molecule has 33 heavy (non-hydrogen) atoms. The van der Waals surface area contributed by atoms with Crippen LogP contribution in [0.1, 0.15) is 43.9 Å². The van der Waals surface area contributed by atoms with E-state index in [1.807, 2.05) is 48.5 Å². The number of nitrogens with zero attached hydrogens (tertiary/aromatic N) is 6. The van der Waals surface area contributed by atoms with Gasteiger partial charge < -0.3 is 0 Å². The van der Waals surface area contributed by atoms with E-state index < -0.39 is 11.7 Å². The highest BCUT2D eigenvalue weighted by Gasteiger charge is 2.36. The van der Waals surface area contributed by atoms with Crippen molar-refractivity contribution in [2.45, 2.75) is 45.6 Å². The van der Waals surface area contributed by atoms with Crippen molar-refractivity contribution >= 4 is 0 Å². The number of nitrogens with one attached hydrogen (secondary N) is 1. The van der Waals surface area contributed by atoms with Crippen molar-refractivity contribution in [3.63, 3.8) is 0 Å². The Hall–Kier alpha value is -3.93. The molecule has 0 saturated carbocycles. The molecule has 0 atom stereocenters. The normalized spacial score (nSPS) is 11.3. The smallest absolute Gasteiger partial charge is 0.239 e. The van der Waals surface area contributed by atoms with Gasteiger partial charge in [0.25, 0.3) is 0 Å². The van der Waals surface area contributed by atoms with E-state index >= 15 is 0 Å². The molecule has 168 valence electrons. The van der Waals surface area contributed by atoms with Gasteiger partial charge in [0, 0.05) is 18.4 Å². The maximum Gasteiger partial charge on any atom is 0.308 e. The molecule has 0 saturated heterocycles. The molecule has 0 spiro atoms. The van der Waals surface area contributed by atoms with E-state index in [1.165, 1.54) is 4.68 Å². The second-order valence-electron chi connectivity index (χ2n) is 7.56. The molecule has 0 fully saturated rings. The molecule has 2 heterocycles. The minimum atomic E-state index is -3.06. The fourth-order valence-electron chi connectivity index (χ4n) is 3.57. The first-order valence-corrected chi connectivity index (χ1v) is 10.7. The Bertz CT molecular complexity index is 1270. The summed E-state index contributed by atoms with van der Waals surface area (Å²) in [4.78, 5) is 4.18. The van der Waals surface area contributed by atoms with E-state index in [-0.39, 0.29) is 13.0 Å². The van der Waals surface area contributed by atoms with Crippen LogP contribution >= 0.6 is 0 Å². The van der Waals surface area contributed by atoms with Crippen molar-refractivity contribution in [3.8, 4) is 34.4 Å². The zero-order valence-corrected chi connectivity index (χ0v) is 18.4. The Morgan fingerprint density at radius 1 is 1.06 bits per heavy atom. The van der Waals surface area contributed by atoms with Crippen LogP contribution in [0.5, 0.6) is 0 Å². The van der Waals surface area contributed by atoms with Gasteiger partial charge in [0.2, 0.25) is 5.82 Å². The van der Waals surface area contributed by atoms with Crippen LogP contribution in [0, 0.1) is 11.8 Å². The van der Waals surface area contributed by atoms with Gasteiger partial charge in [-0.15, -0.1) is 16.1 Å². The van der Waals surface area contributed by atoms with E-state index in [4.69, 9.17) is 0 Å². The SMILES string of the molecule is CC#CCn1nc(C(F)(F)CCC)nc1Cc1ccc(-c2ccccc2-c2nnn[nH]2)cc1. The van der Waals surface area contributed by atoms with Crippen LogP contribution < -0.4 is 0 Å². The predicted octanol–water partition coefficient (Wildman–Crippen LogP) is 4.63. The Morgan fingerprint density at radius 3 is 2.48 bits per heavy atom. The third-order valence-electron chi connectivity index (χ3n) is 5.20. The summed E-state index contributed by atoms with van der Waals surface area (Å²) < 4.78 is 30.3. The summed E-state index contributed by atoms with van der Waals surface area (Å²) >= 11 is 0. The Balaban J connectivity index is 1.61. The van der Waals surface area contributed by atoms with E-state index in [0.717, 1.165) is 22.3 Å². The highest BCUT2D eigenvalue weighted by Crippen LogP contribution is 2.32. The maximum absolute atomic E-state index is 14.4. The number of benzene rings is 2. The van der Waals surface area contributed by atoms with Crippen molar-refractivity contribution in [1.82, 2.24) is 35.4 Å². The monoisotopic (exact) mass is 447 g/mol. The summed E-state index contributed by atoms with van der Waals surface area (Å²) in [6, 6.07) is 15.7. The molecule has 0 radical (unpaired) electrons. The fourth-order valence-corrected chi connectivity index (χ4v) is 3.57. The molecular weight excluding hydrogens is 424 g/mol. The molecule has 2 aromatic heterocycles. The number of aromatic amines is 1. The van der Waals surface area contributed by atoms with Gasteiger partial charge in [-0.1, -0.05) is 61.4 Å². The van der Waals surface area contributed by atoms with Gasteiger partial charge in [0.05, 0.1) is 0 Å². The number of tetrazole rings is 1. The zero-order valence-electron chi connectivity index (χ0n) is 18.4. The molecule has 4 rings (SSSR count). The molecule has 9 heteroatoms. The van der Waals surface area contributed by atoms with Gasteiger partial charge in [-0.05, 0) is 40.5 Å². The number of rotatable bonds is 8. The number of aromatic nitrogens is 7. The van der Waals surface area contributed by atoms with Gasteiger partial charge in [-0.25, -0.2) is 14.8 Å². The number of H-pyrrole nitrogens is 1. The third kappa shape index (κ3) is 4.95. The lowest BCUT2D eigenvalue weighted by atomic mass is 9.98. The van der Waals surface area contributed by atoms with Crippen molar-refractivity contribution in [2.24, 2.45) is 0 Å². The predicted molar refractivity (Wildman–Crippen MR) is 120 cm³/mol. The average molecular weight is 447 g/mol. The Labute approximate surface area is 190 Å². The first-order valence-electron chi connectivity index (χ1n) is 10.7. The van der Waals surface area contributed by atoms with Crippen LogP contribution in [0.15, 0.2) is 48.5 Å². The highest BCUT2D eigenvalue weighted by molar-refractivity contribution is 5.80.